The molecule has 25 heavy (non-hydrogen) atoms. The van der Waals surface area contributed by atoms with Crippen LogP contribution in [0.5, 0.6) is 0 Å². The minimum Gasteiger partial charge on any atom is -0.472 e. The second-order valence-corrected chi connectivity index (χ2v) is 6.90. The molecule has 0 aliphatic carbocycles. The van der Waals surface area contributed by atoms with E-state index in [0.29, 0.717) is 46.7 Å². The van der Waals surface area contributed by atoms with E-state index in [1.54, 1.807) is 24.3 Å². The largest absolute Gasteiger partial charge is 0.472 e. The Kier molecular flexibility index (Phi) is 5.66. The van der Waals surface area contributed by atoms with Crippen LogP contribution in [0.3, 0.4) is 0 Å². The first-order valence-electron chi connectivity index (χ1n) is 8.09. The number of likely N-dealkylation sites (tertiary alicyclic amines) is 1. The average Bonchev–Trinajstić information content (AvgIpc) is 3.16. The van der Waals surface area contributed by atoms with Gasteiger partial charge in [-0.25, -0.2) is 0 Å². The van der Waals surface area contributed by atoms with Gasteiger partial charge in [0.1, 0.15) is 6.26 Å². The van der Waals surface area contributed by atoms with Crippen LogP contribution in [0.2, 0.25) is 10.0 Å². The quantitative estimate of drug-likeness (QED) is 0.875. The van der Waals surface area contributed by atoms with E-state index < -0.39 is 0 Å². The highest BCUT2D eigenvalue weighted by Gasteiger charge is 2.24. The van der Waals surface area contributed by atoms with Gasteiger partial charge in [-0.15, -0.1) is 0 Å². The number of carbonyl (C=O) groups is 2. The Balaban J connectivity index is 1.47. The fourth-order valence-electron chi connectivity index (χ4n) is 2.89. The molecule has 0 saturated carbocycles. The average molecular weight is 381 g/mol. The molecular weight excluding hydrogens is 363 g/mol. The lowest BCUT2D eigenvalue weighted by Crippen LogP contribution is -2.41. The van der Waals surface area contributed by atoms with Crippen molar-refractivity contribution in [3.05, 3.63) is 58.0 Å². The Bertz CT molecular complexity index is 754. The van der Waals surface area contributed by atoms with Crippen LogP contribution in [0.1, 0.15) is 33.6 Å². The summed E-state index contributed by atoms with van der Waals surface area (Å²) >= 11 is 11.8. The van der Waals surface area contributed by atoms with Crippen LogP contribution in [0.4, 0.5) is 0 Å². The molecule has 5 nitrogen and oxygen atoms in total. The maximum Gasteiger partial charge on any atom is 0.257 e. The zero-order valence-electron chi connectivity index (χ0n) is 13.5. The van der Waals surface area contributed by atoms with E-state index in [-0.39, 0.29) is 11.8 Å². The molecule has 2 aromatic rings. The van der Waals surface area contributed by atoms with E-state index in [1.807, 2.05) is 4.90 Å². The number of nitrogens with zero attached hydrogens (tertiary/aromatic N) is 1. The molecule has 1 aromatic heterocycles. The zero-order chi connectivity index (χ0) is 17.8. The van der Waals surface area contributed by atoms with Crippen molar-refractivity contribution in [2.45, 2.75) is 12.8 Å². The third kappa shape index (κ3) is 4.35. The van der Waals surface area contributed by atoms with E-state index in [2.05, 4.69) is 5.32 Å². The number of hydrogen-bond donors (Lipinski definition) is 1. The smallest absolute Gasteiger partial charge is 0.257 e. The summed E-state index contributed by atoms with van der Waals surface area (Å²) in [5.74, 6) is 0.169. The molecule has 0 bridgehead atoms. The summed E-state index contributed by atoms with van der Waals surface area (Å²) in [6.07, 6.45) is 4.67. The highest BCUT2D eigenvalue weighted by atomic mass is 35.5. The lowest BCUT2D eigenvalue weighted by Gasteiger charge is -2.31. The van der Waals surface area contributed by atoms with Crippen molar-refractivity contribution >= 4 is 35.0 Å². The minimum atomic E-state index is -0.171. The van der Waals surface area contributed by atoms with Crippen LogP contribution in [0.15, 0.2) is 41.2 Å². The number of benzene rings is 1. The van der Waals surface area contributed by atoms with Crippen LogP contribution >= 0.6 is 23.2 Å². The van der Waals surface area contributed by atoms with Crippen molar-refractivity contribution in [3.8, 4) is 0 Å². The molecule has 0 atom stereocenters. The van der Waals surface area contributed by atoms with Gasteiger partial charge in [0, 0.05) is 25.2 Å². The van der Waals surface area contributed by atoms with Gasteiger partial charge in [-0.1, -0.05) is 23.2 Å². The van der Waals surface area contributed by atoms with Gasteiger partial charge < -0.3 is 14.6 Å². The van der Waals surface area contributed by atoms with Crippen LogP contribution in [0, 0.1) is 5.92 Å². The van der Waals surface area contributed by atoms with Gasteiger partial charge >= 0.3 is 0 Å². The normalized spacial score (nSPS) is 15.2. The van der Waals surface area contributed by atoms with Crippen LogP contribution in [-0.4, -0.2) is 36.3 Å². The Hall–Kier alpha value is -1.98. The van der Waals surface area contributed by atoms with Crippen molar-refractivity contribution in [1.82, 2.24) is 10.2 Å². The monoisotopic (exact) mass is 380 g/mol. The number of rotatable bonds is 4. The number of carbonyl (C=O) groups excluding carboxylic acids is 2. The van der Waals surface area contributed by atoms with Crippen molar-refractivity contribution in [3.63, 3.8) is 0 Å². The third-order valence-corrected chi connectivity index (χ3v) is 5.14. The molecule has 0 spiro atoms. The molecule has 1 N–H and O–H groups in total. The molecule has 2 heterocycles. The van der Waals surface area contributed by atoms with Gasteiger partial charge in [-0.2, -0.15) is 0 Å². The van der Waals surface area contributed by atoms with E-state index in [4.69, 9.17) is 27.6 Å². The summed E-state index contributed by atoms with van der Waals surface area (Å²) in [6, 6.07) is 6.49. The van der Waals surface area contributed by atoms with Crippen LogP contribution in [0.25, 0.3) is 0 Å². The molecule has 132 valence electrons. The SMILES string of the molecule is O=C(NCC1CCN(C(=O)c2ccoc2)CC1)c1ccc(Cl)c(Cl)c1. The minimum absolute atomic E-state index is 0.00737. The zero-order valence-corrected chi connectivity index (χ0v) is 15.0. The summed E-state index contributed by atoms with van der Waals surface area (Å²) in [5, 5.41) is 3.71. The topological polar surface area (TPSA) is 62.6 Å². The number of hydrogen-bond acceptors (Lipinski definition) is 3. The number of amides is 2. The number of nitrogens with one attached hydrogen (secondary N) is 1. The molecule has 0 unspecified atom stereocenters. The van der Waals surface area contributed by atoms with Crippen molar-refractivity contribution in [2.24, 2.45) is 5.92 Å². The van der Waals surface area contributed by atoms with Crippen LogP contribution < -0.4 is 5.32 Å². The lowest BCUT2D eigenvalue weighted by atomic mass is 9.96. The molecule has 1 saturated heterocycles. The molecule has 2 amide bonds. The summed E-state index contributed by atoms with van der Waals surface area (Å²) in [4.78, 5) is 26.3. The van der Waals surface area contributed by atoms with Crippen LogP contribution in [-0.2, 0) is 0 Å². The molecule has 3 rings (SSSR count). The van der Waals surface area contributed by atoms with Crippen molar-refractivity contribution in [2.75, 3.05) is 19.6 Å². The van der Waals surface area contributed by atoms with E-state index in [1.165, 1.54) is 12.5 Å². The van der Waals surface area contributed by atoms with Gasteiger partial charge in [0.05, 0.1) is 21.9 Å². The Morgan fingerprint density at radius 2 is 1.88 bits per heavy atom. The van der Waals surface area contributed by atoms with Gasteiger partial charge in [0.15, 0.2) is 0 Å². The Morgan fingerprint density at radius 1 is 1.12 bits per heavy atom. The summed E-state index contributed by atoms with van der Waals surface area (Å²) < 4.78 is 4.96. The van der Waals surface area contributed by atoms with E-state index in [9.17, 15) is 9.59 Å². The molecule has 1 aliphatic heterocycles. The maximum atomic E-state index is 12.3. The first-order chi connectivity index (χ1) is 12.0. The second-order valence-electron chi connectivity index (χ2n) is 6.09. The third-order valence-electron chi connectivity index (χ3n) is 4.40. The molecule has 1 aromatic carbocycles. The standard InChI is InChI=1S/C18H18Cl2N2O3/c19-15-2-1-13(9-16(15)20)17(23)21-10-12-3-6-22(7-4-12)18(24)14-5-8-25-11-14/h1-2,5,8-9,11-12H,3-4,6-7,10H2,(H,21,23). The predicted octanol–water partition coefficient (Wildman–Crippen LogP) is 3.87. The summed E-state index contributed by atoms with van der Waals surface area (Å²) in [6.45, 7) is 1.93. The highest BCUT2D eigenvalue weighted by molar-refractivity contribution is 6.42. The fourth-order valence-corrected chi connectivity index (χ4v) is 3.18. The number of piperidine rings is 1. The first-order valence-corrected chi connectivity index (χ1v) is 8.85. The number of halogens is 2. The predicted molar refractivity (Wildman–Crippen MR) is 96.1 cm³/mol. The molecule has 0 radical (unpaired) electrons. The Labute approximate surface area is 155 Å². The van der Waals surface area contributed by atoms with Gasteiger partial charge in [-0.3, -0.25) is 9.59 Å². The molecule has 1 aliphatic rings. The second kappa shape index (κ2) is 7.93. The molecule has 7 heteroatoms. The van der Waals surface area contributed by atoms with E-state index in [0.717, 1.165) is 12.8 Å². The number of furan rings is 1. The molecular formula is C18H18Cl2N2O3. The highest BCUT2D eigenvalue weighted by Crippen LogP contribution is 2.23. The summed E-state index contributed by atoms with van der Waals surface area (Å²) in [7, 11) is 0. The fraction of sp³-hybridized carbons (Fsp3) is 0.333. The van der Waals surface area contributed by atoms with Gasteiger partial charge in [-0.05, 0) is 43.0 Å². The van der Waals surface area contributed by atoms with Gasteiger partial charge in [0.2, 0.25) is 0 Å². The first kappa shape index (κ1) is 17.8. The van der Waals surface area contributed by atoms with Crippen molar-refractivity contribution in [1.29, 1.82) is 0 Å². The molecule has 1 fully saturated rings. The summed E-state index contributed by atoms with van der Waals surface area (Å²) in [5.41, 5.74) is 1.06. The van der Waals surface area contributed by atoms with Gasteiger partial charge in [0.25, 0.3) is 11.8 Å². The Morgan fingerprint density at radius 3 is 2.52 bits per heavy atom. The van der Waals surface area contributed by atoms with E-state index >= 15 is 0 Å². The lowest BCUT2D eigenvalue weighted by molar-refractivity contribution is 0.0683. The van der Waals surface area contributed by atoms with Crippen molar-refractivity contribution < 1.29 is 14.0 Å². The maximum absolute atomic E-state index is 12.3.